The summed E-state index contributed by atoms with van der Waals surface area (Å²) in [5, 5.41) is 0. The van der Waals surface area contributed by atoms with Crippen molar-refractivity contribution in [3.05, 3.63) is 69.4 Å². The summed E-state index contributed by atoms with van der Waals surface area (Å²) in [6.07, 6.45) is 0.896. The molecule has 0 aromatic heterocycles. The highest BCUT2D eigenvalue weighted by Crippen LogP contribution is 2.19. The van der Waals surface area contributed by atoms with Crippen LogP contribution < -0.4 is 0 Å². The second-order valence-corrected chi connectivity index (χ2v) is 7.39. The monoisotopic (exact) mass is 404 g/mol. The van der Waals surface area contributed by atoms with E-state index in [4.69, 9.17) is 0 Å². The number of halogens is 2. The maximum Gasteiger partial charge on any atom is 0.256 e. The molecule has 1 saturated heterocycles. The Kier molecular flexibility index (Phi) is 5.86. The van der Waals surface area contributed by atoms with Gasteiger partial charge < -0.3 is 4.90 Å². The van der Waals surface area contributed by atoms with Crippen molar-refractivity contribution in [2.24, 2.45) is 0 Å². The van der Waals surface area contributed by atoms with Crippen LogP contribution in [0.1, 0.15) is 27.9 Å². The summed E-state index contributed by atoms with van der Waals surface area (Å²) in [6.45, 7) is 6.04. The predicted molar refractivity (Wildman–Crippen MR) is 101 cm³/mol. The van der Waals surface area contributed by atoms with Crippen LogP contribution in [0.2, 0.25) is 0 Å². The Bertz CT molecular complexity index is 765. The summed E-state index contributed by atoms with van der Waals surface area (Å²) in [5.41, 5.74) is 2.75. The summed E-state index contributed by atoms with van der Waals surface area (Å²) in [7, 11) is 0. The van der Waals surface area contributed by atoms with Gasteiger partial charge in [-0.05, 0) is 42.7 Å². The zero-order valence-corrected chi connectivity index (χ0v) is 15.9. The standard InChI is InChI=1S/C20H22BrFN2O/c1-15-5-2-3-6-16(15)14-23-9-4-10-24(12-11-23)20(25)18-13-17(21)7-8-19(18)22/h2-3,5-8,13H,4,9-12,14H2,1H3. The van der Waals surface area contributed by atoms with Gasteiger partial charge in [0, 0.05) is 37.2 Å². The molecule has 0 bridgehead atoms. The van der Waals surface area contributed by atoms with Crippen LogP contribution in [0.15, 0.2) is 46.9 Å². The van der Waals surface area contributed by atoms with E-state index in [1.807, 2.05) is 6.07 Å². The van der Waals surface area contributed by atoms with Crippen LogP contribution in [0.25, 0.3) is 0 Å². The smallest absolute Gasteiger partial charge is 0.256 e. The summed E-state index contributed by atoms with van der Waals surface area (Å²) in [6, 6.07) is 12.9. The van der Waals surface area contributed by atoms with Gasteiger partial charge in [-0.15, -0.1) is 0 Å². The molecule has 132 valence electrons. The summed E-state index contributed by atoms with van der Waals surface area (Å²) < 4.78 is 14.7. The Labute approximate surface area is 156 Å². The van der Waals surface area contributed by atoms with Crippen molar-refractivity contribution < 1.29 is 9.18 Å². The zero-order chi connectivity index (χ0) is 17.8. The van der Waals surface area contributed by atoms with Crippen molar-refractivity contribution in [1.29, 1.82) is 0 Å². The van der Waals surface area contributed by atoms with Gasteiger partial charge in [0.05, 0.1) is 5.56 Å². The van der Waals surface area contributed by atoms with Crippen LogP contribution in [0.4, 0.5) is 4.39 Å². The van der Waals surface area contributed by atoms with Crippen molar-refractivity contribution in [3.63, 3.8) is 0 Å². The Morgan fingerprint density at radius 1 is 1.12 bits per heavy atom. The van der Waals surface area contributed by atoms with E-state index in [1.54, 1.807) is 17.0 Å². The van der Waals surface area contributed by atoms with Crippen molar-refractivity contribution >= 4 is 21.8 Å². The molecule has 0 N–H and O–H groups in total. The third-order valence-corrected chi connectivity index (χ3v) is 5.18. The minimum absolute atomic E-state index is 0.140. The van der Waals surface area contributed by atoms with E-state index in [0.717, 1.165) is 26.1 Å². The molecule has 2 aromatic rings. The van der Waals surface area contributed by atoms with Crippen LogP contribution in [0, 0.1) is 12.7 Å². The third-order valence-electron chi connectivity index (χ3n) is 4.69. The third kappa shape index (κ3) is 4.47. The van der Waals surface area contributed by atoms with Crippen LogP contribution >= 0.6 is 15.9 Å². The Morgan fingerprint density at radius 2 is 1.92 bits per heavy atom. The number of amides is 1. The van der Waals surface area contributed by atoms with E-state index < -0.39 is 5.82 Å². The lowest BCUT2D eigenvalue weighted by Gasteiger charge is -2.23. The molecule has 0 aliphatic carbocycles. The first kappa shape index (κ1) is 18.1. The molecule has 0 radical (unpaired) electrons. The fourth-order valence-corrected chi connectivity index (χ4v) is 3.55. The summed E-state index contributed by atoms with van der Waals surface area (Å²) >= 11 is 3.31. The molecule has 0 spiro atoms. The molecule has 3 rings (SSSR count). The van der Waals surface area contributed by atoms with Gasteiger partial charge in [0.15, 0.2) is 0 Å². The van der Waals surface area contributed by atoms with Gasteiger partial charge in [-0.1, -0.05) is 40.2 Å². The van der Waals surface area contributed by atoms with Gasteiger partial charge in [-0.3, -0.25) is 9.69 Å². The van der Waals surface area contributed by atoms with Crippen LogP contribution in [0.3, 0.4) is 0 Å². The quantitative estimate of drug-likeness (QED) is 0.763. The normalized spacial score (nSPS) is 15.9. The number of hydrogen-bond acceptors (Lipinski definition) is 2. The van der Waals surface area contributed by atoms with Crippen LogP contribution in [0.5, 0.6) is 0 Å². The largest absolute Gasteiger partial charge is 0.337 e. The van der Waals surface area contributed by atoms with E-state index in [2.05, 4.69) is 46.0 Å². The lowest BCUT2D eigenvalue weighted by molar-refractivity contribution is 0.0756. The molecule has 1 amide bonds. The number of carbonyl (C=O) groups is 1. The average molecular weight is 405 g/mol. The molecule has 1 fully saturated rings. The Balaban J connectivity index is 1.66. The van der Waals surface area contributed by atoms with Gasteiger partial charge in [-0.2, -0.15) is 0 Å². The molecule has 5 heteroatoms. The Hall–Kier alpha value is -1.72. The molecule has 25 heavy (non-hydrogen) atoms. The second-order valence-electron chi connectivity index (χ2n) is 6.47. The number of nitrogens with zero attached hydrogens (tertiary/aromatic N) is 2. The molecule has 0 saturated carbocycles. The number of benzene rings is 2. The van der Waals surface area contributed by atoms with Gasteiger partial charge >= 0.3 is 0 Å². The van der Waals surface area contributed by atoms with E-state index in [0.29, 0.717) is 17.6 Å². The van der Waals surface area contributed by atoms with Gasteiger partial charge in [0.2, 0.25) is 0 Å². The maximum absolute atomic E-state index is 14.0. The average Bonchev–Trinajstić information content (AvgIpc) is 2.84. The number of aryl methyl sites for hydroxylation is 1. The molecule has 3 nitrogen and oxygen atoms in total. The van der Waals surface area contributed by atoms with E-state index in [9.17, 15) is 9.18 Å². The highest BCUT2D eigenvalue weighted by atomic mass is 79.9. The minimum atomic E-state index is -0.464. The van der Waals surface area contributed by atoms with E-state index in [-0.39, 0.29) is 11.5 Å². The number of hydrogen-bond donors (Lipinski definition) is 0. The highest BCUT2D eigenvalue weighted by Gasteiger charge is 2.23. The minimum Gasteiger partial charge on any atom is -0.337 e. The van der Waals surface area contributed by atoms with Crippen LogP contribution in [-0.2, 0) is 6.54 Å². The highest BCUT2D eigenvalue weighted by molar-refractivity contribution is 9.10. The molecule has 0 atom stereocenters. The van der Waals surface area contributed by atoms with Crippen molar-refractivity contribution in [1.82, 2.24) is 9.80 Å². The van der Waals surface area contributed by atoms with Crippen molar-refractivity contribution in [2.75, 3.05) is 26.2 Å². The summed E-state index contributed by atoms with van der Waals surface area (Å²) in [4.78, 5) is 16.8. The SMILES string of the molecule is Cc1ccccc1CN1CCCN(C(=O)c2cc(Br)ccc2F)CC1. The Morgan fingerprint density at radius 3 is 2.72 bits per heavy atom. The molecular weight excluding hydrogens is 383 g/mol. The van der Waals surface area contributed by atoms with Gasteiger partial charge in [-0.25, -0.2) is 4.39 Å². The van der Waals surface area contributed by atoms with Gasteiger partial charge in [0.1, 0.15) is 5.82 Å². The summed E-state index contributed by atoms with van der Waals surface area (Å²) in [5.74, 6) is -0.689. The lowest BCUT2D eigenvalue weighted by Crippen LogP contribution is -2.35. The topological polar surface area (TPSA) is 23.6 Å². The first-order valence-electron chi connectivity index (χ1n) is 8.56. The molecule has 1 heterocycles. The molecule has 0 unspecified atom stereocenters. The van der Waals surface area contributed by atoms with Crippen molar-refractivity contribution in [3.8, 4) is 0 Å². The fourth-order valence-electron chi connectivity index (χ4n) is 3.19. The predicted octanol–water partition coefficient (Wildman–Crippen LogP) is 4.24. The first-order valence-corrected chi connectivity index (χ1v) is 9.35. The van der Waals surface area contributed by atoms with E-state index in [1.165, 1.54) is 17.2 Å². The molecule has 1 aliphatic heterocycles. The molecular formula is C20H22BrFN2O. The number of rotatable bonds is 3. The van der Waals surface area contributed by atoms with Crippen LogP contribution in [-0.4, -0.2) is 41.9 Å². The fraction of sp³-hybridized carbons (Fsp3) is 0.350. The maximum atomic E-state index is 14.0. The van der Waals surface area contributed by atoms with Crippen molar-refractivity contribution in [2.45, 2.75) is 19.9 Å². The number of carbonyl (C=O) groups excluding carboxylic acids is 1. The molecule has 2 aromatic carbocycles. The second kappa shape index (κ2) is 8.11. The zero-order valence-electron chi connectivity index (χ0n) is 14.3. The molecule has 1 aliphatic rings. The lowest BCUT2D eigenvalue weighted by atomic mass is 10.1. The van der Waals surface area contributed by atoms with Gasteiger partial charge in [0.25, 0.3) is 5.91 Å². The van der Waals surface area contributed by atoms with E-state index >= 15 is 0 Å². The first-order chi connectivity index (χ1) is 12.0.